The Bertz CT molecular complexity index is 687. The molecule has 1 aromatic heterocycles. The Kier molecular flexibility index (Phi) is 2.41. The van der Waals surface area contributed by atoms with E-state index in [0.29, 0.717) is 5.89 Å². The Labute approximate surface area is 104 Å². The van der Waals surface area contributed by atoms with Gasteiger partial charge in [0.2, 0.25) is 5.89 Å². The first-order chi connectivity index (χ1) is 8.76. The number of fused-ring (bicyclic) bond motifs is 1. The fourth-order valence-electron chi connectivity index (χ4n) is 1.78. The molecule has 3 rings (SSSR count). The Morgan fingerprint density at radius 2 is 1.89 bits per heavy atom. The normalized spacial score (nSPS) is 10.7. The minimum atomic E-state index is 0.582. The first-order valence-corrected chi connectivity index (χ1v) is 5.57. The number of benzene rings is 2. The van der Waals surface area contributed by atoms with Crippen molar-refractivity contribution in [3.05, 3.63) is 42.5 Å². The van der Waals surface area contributed by atoms with Crippen LogP contribution in [-0.2, 0) is 0 Å². The average molecular weight is 240 g/mol. The number of oxazole rings is 1. The molecule has 0 amide bonds. The minimum Gasteiger partial charge on any atom is -0.497 e. The van der Waals surface area contributed by atoms with E-state index in [9.17, 15) is 0 Å². The van der Waals surface area contributed by atoms with E-state index in [-0.39, 0.29) is 0 Å². The first kappa shape index (κ1) is 10.7. The van der Waals surface area contributed by atoms with E-state index in [1.165, 1.54) is 0 Å². The van der Waals surface area contributed by atoms with Crippen LogP contribution in [-0.4, -0.2) is 12.1 Å². The highest BCUT2D eigenvalue weighted by Crippen LogP contribution is 2.27. The van der Waals surface area contributed by atoms with Crippen molar-refractivity contribution >= 4 is 16.8 Å². The van der Waals surface area contributed by atoms with Crippen LogP contribution in [0.1, 0.15) is 0 Å². The van der Waals surface area contributed by atoms with Crippen LogP contribution in [0.15, 0.2) is 46.9 Å². The van der Waals surface area contributed by atoms with Crippen molar-refractivity contribution in [2.75, 3.05) is 12.8 Å². The molecule has 2 aromatic carbocycles. The summed E-state index contributed by atoms with van der Waals surface area (Å²) in [7, 11) is 1.63. The van der Waals surface area contributed by atoms with Gasteiger partial charge < -0.3 is 14.9 Å². The number of ether oxygens (including phenoxy) is 1. The number of hydrogen-bond acceptors (Lipinski definition) is 4. The van der Waals surface area contributed by atoms with Crippen LogP contribution in [0.4, 0.5) is 5.69 Å². The lowest BCUT2D eigenvalue weighted by molar-refractivity contribution is 0.415. The molecular formula is C14H12N2O2. The predicted octanol–water partition coefficient (Wildman–Crippen LogP) is 3.09. The van der Waals surface area contributed by atoms with Crippen molar-refractivity contribution in [1.82, 2.24) is 4.98 Å². The lowest BCUT2D eigenvalue weighted by atomic mass is 10.2. The smallest absolute Gasteiger partial charge is 0.227 e. The quantitative estimate of drug-likeness (QED) is 0.699. The molecule has 0 atom stereocenters. The summed E-state index contributed by atoms with van der Waals surface area (Å²) in [6.45, 7) is 0. The summed E-state index contributed by atoms with van der Waals surface area (Å²) in [6.07, 6.45) is 0. The van der Waals surface area contributed by atoms with E-state index in [1.807, 2.05) is 42.5 Å². The van der Waals surface area contributed by atoms with E-state index in [1.54, 1.807) is 7.11 Å². The van der Waals surface area contributed by atoms with Gasteiger partial charge in [0.25, 0.3) is 0 Å². The molecule has 2 N–H and O–H groups in total. The monoisotopic (exact) mass is 240 g/mol. The number of hydrogen-bond donors (Lipinski definition) is 1. The maximum absolute atomic E-state index is 5.69. The number of aromatic nitrogens is 1. The molecule has 0 aliphatic heterocycles. The molecule has 0 unspecified atom stereocenters. The molecule has 90 valence electrons. The largest absolute Gasteiger partial charge is 0.497 e. The van der Waals surface area contributed by atoms with E-state index >= 15 is 0 Å². The molecular weight excluding hydrogens is 228 g/mol. The Morgan fingerprint density at radius 1 is 1.11 bits per heavy atom. The molecule has 0 bridgehead atoms. The van der Waals surface area contributed by atoms with Gasteiger partial charge in [0.1, 0.15) is 11.3 Å². The zero-order valence-corrected chi connectivity index (χ0v) is 9.88. The molecule has 3 aromatic rings. The highest BCUT2D eigenvalue weighted by molar-refractivity contribution is 5.77. The SMILES string of the molecule is COc1ccc2oc(-c3ccc(N)cc3)nc2c1. The fraction of sp³-hybridized carbons (Fsp3) is 0.0714. The van der Waals surface area contributed by atoms with Crippen LogP contribution >= 0.6 is 0 Å². The van der Waals surface area contributed by atoms with Crippen LogP contribution < -0.4 is 10.5 Å². The zero-order valence-electron chi connectivity index (χ0n) is 9.88. The van der Waals surface area contributed by atoms with Crippen molar-refractivity contribution < 1.29 is 9.15 Å². The third-order valence-electron chi connectivity index (χ3n) is 2.75. The summed E-state index contributed by atoms with van der Waals surface area (Å²) < 4.78 is 10.8. The van der Waals surface area contributed by atoms with E-state index < -0.39 is 0 Å². The highest BCUT2D eigenvalue weighted by Gasteiger charge is 2.08. The topological polar surface area (TPSA) is 61.3 Å². The summed E-state index contributed by atoms with van der Waals surface area (Å²) in [5.41, 5.74) is 8.79. The lowest BCUT2D eigenvalue weighted by Crippen LogP contribution is -1.83. The molecule has 4 nitrogen and oxygen atoms in total. The van der Waals surface area contributed by atoms with Gasteiger partial charge in [-0.25, -0.2) is 4.98 Å². The molecule has 0 saturated carbocycles. The van der Waals surface area contributed by atoms with E-state index in [2.05, 4.69) is 4.98 Å². The number of methoxy groups -OCH3 is 1. The highest BCUT2D eigenvalue weighted by atomic mass is 16.5. The second-order valence-electron chi connectivity index (χ2n) is 3.97. The third-order valence-corrected chi connectivity index (χ3v) is 2.75. The summed E-state index contributed by atoms with van der Waals surface area (Å²) in [6, 6.07) is 13.0. The fourth-order valence-corrected chi connectivity index (χ4v) is 1.78. The maximum Gasteiger partial charge on any atom is 0.227 e. The van der Waals surface area contributed by atoms with Crippen molar-refractivity contribution in [2.45, 2.75) is 0 Å². The number of nitrogen functional groups attached to an aromatic ring is 1. The minimum absolute atomic E-state index is 0.582. The zero-order chi connectivity index (χ0) is 12.5. The lowest BCUT2D eigenvalue weighted by Gasteiger charge is -1.95. The van der Waals surface area contributed by atoms with Gasteiger partial charge in [0, 0.05) is 17.3 Å². The van der Waals surface area contributed by atoms with Crippen molar-refractivity contribution in [2.24, 2.45) is 0 Å². The van der Waals surface area contributed by atoms with Gasteiger partial charge >= 0.3 is 0 Å². The van der Waals surface area contributed by atoms with Gasteiger partial charge in [-0.2, -0.15) is 0 Å². The van der Waals surface area contributed by atoms with Gasteiger partial charge in [0.05, 0.1) is 7.11 Å². The van der Waals surface area contributed by atoms with Crippen LogP contribution in [0.25, 0.3) is 22.6 Å². The second kappa shape index (κ2) is 4.07. The summed E-state index contributed by atoms with van der Waals surface area (Å²) in [5.74, 6) is 1.35. The molecule has 0 aliphatic rings. The molecule has 0 fully saturated rings. The number of rotatable bonds is 2. The predicted molar refractivity (Wildman–Crippen MR) is 70.4 cm³/mol. The van der Waals surface area contributed by atoms with Crippen LogP contribution in [0, 0.1) is 0 Å². The summed E-state index contributed by atoms with van der Waals surface area (Å²) >= 11 is 0. The Hall–Kier alpha value is -2.49. The Morgan fingerprint density at radius 3 is 2.61 bits per heavy atom. The third kappa shape index (κ3) is 1.78. The summed E-state index contributed by atoms with van der Waals surface area (Å²) in [4.78, 5) is 4.43. The molecule has 4 heteroatoms. The number of nitrogens with two attached hydrogens (primary N) is 1. The van der Waals surface area contributed by atoms with Crippen molar-refractivity contribution in [3.63, 3.8) is 0 Å². The molecule has 18 heavy (non-hydrogen) atoms. The molecule has 0 aliphatic carbocycles. The second-order valence-corrected chi connectivity index (χ2v) is 3.97. The first-order valence-electron chi connectivity index (χ1n) is 5.57. The summed E-state index contributed by atoms with van der Waals surface area (Å²) in [5, 5.41) is 0. The number of anilines is 1. The van der Waals surface area contributed by atoms with Gasteiger partial charge in [0.15, 0.2) is 5.58 Å². The molecule has 1 heterocycles. The van der Waals surface area contributed by atoms with Gasteiger partial charge in [-0.05, 0) is 36.4 Å². The number of nitrogens with zero attached hydrogens (tertiary/aromatic N) is 1. The molecule has 0 saturated heterocycles. The maximum atomic E-state index is 5.69. The Balaban J connectivity index is 2.10. The molecule has 0 spiro atoms. The van der Waals surface area contributed by atoms with Gasteiger partial charge in [-0.15, -0.1) is 0 Å². The average Bonchev–Trinajstić information content (AvgIpc) is 2.82. The van der Waals surface area contributed by atoms with Gasteiger partial charge in [-0.3, -0.25) is 0 Å². The van der Waals surface area contributed by atoms with Crippen LogP contribution in [0.3, 0.4) is 0 Å². The standard InChI is InChI=1S/C14H12N2O2/c1-17-11-6-7-13-12(8-11)16-14(18-13)9-2-4-10(15)5-3-9/h2-8H,15H2,1H3. The van der Waals surface area contributed by atoms with Crippen LogP contribution in [0.2, 0.25) is 0 Å². The van der Waals surface area contributed by atoms with Crippen LogP contribution in [0.5, 0.6) is 5.75 Å². The van der Waals surface area contributed by atoms with E-state index in [4.69, 9.17) is 14.9 Å². The molecule has 0 radical (unpaired) electrons. The van der Waals surface area contributed by atoms with Crippen molar-refractivity contribution in [1.29, 1.82) is 0 Å². The van der Waals surface area contributed by atoms with Gasteiger partial charge in [-0.1, -0.05) is 0 Å². The van der Waals surface area contributed by atoms with E-state index in [0.717, 1.165) is 28.1 Å². The van der Waals surface area contributed by atoms with Crippen molar-refractivity contribution in [3.8, 4) is 17.2 Å².